The SMILES string of the molecule is CCn1c(SCC(=O)Nc2nc(-c3ccc(OC)cc3)cs2)nnc1-c1ccc(Cl)cc1. The van der Waals surface area contributed by atoms with Gasteiger partial charge in [0.05, 0.1) is 18.6 Å². The van der Waals surface area contributed by atoms with Crippen molar-refractivity contribution in [3.8, 4) is 28.4 Å². The van der Waals surface area contributed by atoms with Crippen LogP contribution in [0.4, 0.5) is 5.13 Å². The minimum Gasteiger partial charge on any atom is -0.497 e. The van der Waals surface area contributed by atoms with Gasteiger partial charge in [-0.3, -0.25) is 4.79 Å². The van der Waals surface area contributed by atoms with Crippen LogP contribution in [-0.4, -0.2) is 38.5 Å². The highest BCUT2D eigenvalue weighted by Crippen LogP contribution is 2.28. The molecular formula is C22H20ClN5O2S2. The molecule has 7 nitrogen and oxygen atoms in total. The Bertz CT molecular complexity index is 1210. The Morgan fingerprint density at radius 1 is 1.12 bits per heavy atom. The number of aromatic nitrogens is 4. The van der Waals surface area contributed by atoms with Crippen molar-refractivity contribution in [2.45, 2.75) is 18.6 Å². The number of carbonyl (C=O) groups is 1. The zero-order chi connectivity index (χ0) is 22.5. The molecule has 2 aromatic carbocycles. The fraction of sp³-hybridized carbons (Fsp3) is 0.182. The minimum atomic E-state index is -0.149. The summed E-state index contributed by atoms with van der Waals surface area (Å²) in [6.45, 7) is 2.70. The molecule has 0 aliphatic carbocycles. The number of rotatable bonds is 8. The van der Waals surface area contributed by atoms with E-state index in [1.54, 1.807) is 7.11 Å². The topological polar surface area (TPSA) is 81.9 Å². The summed E-state index contributed by atoms with van der Waals surface area (Å²) in [6, 6.07) is 15.1. The van der Waals surface area contributed by atoms with Gasteiger partial charge in [0.15, 0.2) is 16.1 Å². The number of hydrogen-bond acceptors (Lipinski definition) is 7. The molecule has 0 bridgehead atoms. The van der Waals surface area contributed by atoms with Crippen molar-refractivity contribution in [1.82, 2.24) is 19.7 Å². The molecule has 2 aromatic heterocycles. The number of anilines is 1. The quantitative estimate of drug-likeness (QED) is 0.333. The maximum Gasteiger partial charge on any atom is 0.236 e. The van der Waals surface area contributed by atoms with Crippen molar-refractivity contribution in [1.29, 1.82) is 0 Å². The first-order chi connectivity index (χ1) is 15.6. The van der Waals surface area contributed by atoms with E-state index >= 15 is 0 Å². The highest BCUT2D eigenvalue weighted by Gasteiger charge is 2.15. The number of nitrogens with one attached hydrogen (secondary N) is 1. The Morgan fingerprint density at radius 2 is 1.84 bits per heavy atom. The second kappa shape index (κ2) is 10.2. The molecule has 0 radical (unpaired) electrons. The standard InChI is InChI=1S/C22H20ClN5O2S2/c1-3-28-20(15-4-8-16(23)9-5-15)26-27-22(28)32-13-19(29)25-21-24-18(12-31-21)14-6-10-17(30-2)11-7-14/h4-12H,3,13H2,1-2H3,(H,24,25,29). The fourth-order valence-electron chi connectivity index (χ4n) is 3.00. The number of ether oxygens (including phenoxy) is 1. The van der Waals surface area contributed by atoms with Crippen LogP contribution in [0.15, 0.2) is 59.1 Å². The first-order valence-electron chi connectivity index (χ1n) is 9.79. The Labute approximate surface area is 198 Å². The summed E-state index contributed by atoms with van der Waals surface area (Å²) in [4.78, 5) is 17.0. The molecule has 1 amide bonds. The van der Waals surface area contributed by atoms with Crippen LogP contribution < -0.4 is 10.1 Å². The summed E-state index contributed by atoms with van der Waals surface area (Å²) in [5, 5.41) is 15.2. The molecule has 164 valence electrons. The van der Waals surface area contributed by atoms with E-state index in [1.807, 2.05) is 65.4 Å². The maximum atomic E-state index is 12.5. The van der Waals surface area contributed by atoms with E-state index in [2.05, 4.69) is 20.5 Å². The lowest BCUT2D eigenvalue weighted by molar-refractivity contribution is -0.113. The third-order valence-electron chi connectivity index (χ3n) is 4.60. The summed E-state index contributed by atoms with van der Waals surface area (Å²) < 4.78 is 7.16. The third-order valence-corrected chi connectivity index (χ3v) is 6.58. The van der Waals surface area contributed by atoms with Gasteiger partial charge in [-0.1, -0.05) is 23.4 Å². The molecular weight excluding hydrogens is 466 g/mol. The van der Waals surface area contributed by atoms with Crippen LogP contribution in [0, 0.1) is 0 Å². The van der Waals surface area contributed by atoms with E-state index in [1.165, 1.54) is 23.1 Å². The lowest BCUT2D eigenvalue weighted by Gasteiger charge is -2.07. The van der Waals surface area contributed by atoms with Crippen LogP contribution >= 0.6 is 34.7 Å². The molecule has 0 spiro atoms. The van der Waals surface area contributed by atoms with Gasteiger partial charge in [0.2, 0.25) is 5.91 Å². The second-order valence-electron chi connectivity index (χ2n) is 6.66. The van der Waals surface area contributed by atoms with Gasteiger partial charge in [-0.25, -0.2) is 4.98 Å². The zero-order valence-electron chi connectivity index (χ0n) is 17.4. The number of nitrogens with zero attached hydrogens (tertiary/aromatic N) is 4. The number of halogens is 1. The molecule has 0 saturated carbocycles. The van der Waals surface area contributed by atoms with Crippen molar-refractivity contribution in [2.75, 3.05) is 18.2 Å². The minimum absolute atomic E-state index is 0.149. The number of amides is 1. The molecule has 0 fully saturated rings. The Kier molecular flexibility index (Phi) is 7.09. The predicted octanol–water partition coefficient (Wildman–Crippen LogP) is 5.48. The van der Waals surface area contributed by atoms with Crippen LogP contribution in [0.2, 0.25) is 5.02 Å². The largest absolute Gasteiger partial charge is 0.497 e. The van der Waals surface area contributed by atoms with Crippen molar-refractivity contribution >= 4 is 45.7 Å². The molecule has 0 saturated heterocycles. The van der Waals surface area contributed by atoms with Crippen LogP contribution in [0.5, 0.6) is 5.75 Å². The van der Waals surface area contributed by atoms with Crippen LogP contribution in [0.1, 0.15) is 6.92 Å². The predicted molar refractivity (Wildman–Crippen MR) is 130 cm³/mol. The Balaban J connectivity index is 1.38. The van der Waals surface area contributed by atoms with Crippen LogP contribution in [-0.2, 0) is 11.3 Å². The molecule has 10 heteroatoms. The number of methoxy groups -OCH3 is 1. The Hall–Kier alpha value is -2.88. The monoisotopic (exact) mass is 485 g/mol. The molecule has 0 unspecified atom stereocenters. The average Bonchev–Trinajstić information content (AvgIpc) is 3.45. The zero-order valence-corrected chi connectivity index (χ0v) is 19.8. The van der Waals surface area contributed by atoms with E-state index < -0.39 is 0 Å². The van der Waals surface area contributed by atoms with Crippen LogP contribution in [0.25, 0.3) is 22.6 Å². The first kappa shape index (κ1) is 22.3. The molecule has 32 heavy (non-hydrogen) atoms. The number of hydrogen-bond donors (Lipinski definition) is 1. The molecule has 0 aliphatic rings. The number of benzene rings is 2. The number of carbonyl (C=O) groups excluding carboxylic acids is 1. The van der Waals surface area contributed by atoms with Gasteiger partial charge in [-0.15, -0.1) is 21.5 Å². The van der Waals surface area contributed by atoms with E-state index in [-0.39, 0.29) is 11.7 Å². The first-order valence-corrected chi connectivity index (χ1v) is 12.0. The average molecular weight is 486 g/mol. The third kappa shape index (κ3) is 5.12. The van der Waals surface area contributed by atoms with Gasteiger partial charge in [0.1, 0.15) is 5.75 Å². The van der Waals surface area contributed by atoms with Gasteiger partial charge in [0, 0.05) is 28.1 Å². The molecule has 0 aliphatic heterocycles. The second-order valence-corrected chi connectivity index (χ2v) is 8.90. The van der Waals surface area contributed by atoms with E-state index in [0.717, 1.165) is 28.4 Å². The summed E-state index contributed by atoms with van der Waals surface area (Å²) >= 11 is 8.70. The van der Waals surface area contributed by atoms with Gasteiger partial charge < -0.3 is 14.6 Å². The normalized spacial score (nSPS) is 10.8. The van der Waals surface area contributed by atoms with E-state index in [4.69, 9.17) is 16.3 Å². The fourth-order valence-corrected chi connectivity index (χ4v) is 4.67. The van der Waals surface area contributed by atoms with Crippen molar-refractivity contribution in [3.63, 3.8) is 0 Å². The molecule has 2 heterocycles. The lowest BCUT2D eigenvalue weighted by atomic mass is 10.2. The van der Waals surface area contributed by atoms with Crippen LogP contribution in [0.3, 0.4) is 0 Å². The van der Waals surface area contributed by atoms with Gasteiger partial charge >= 0.3 is 0 Å². The van der Waals surface area contributed by atoms with Gasteiger partial charge in [-0.05, 0) is 55.5 Å². The highest BCUT2D eigenvalue weighted by molar-refractivity contribution is 7.99. The molecule has 0 atom stereocenters. The molecule has 4 aromatic rings. The molecule has 4 rings (SSSR count). The highest BCUT2D eigenvalue weighted by atomic mass is 35.5. The van der Waals surface area contributed by atoms with Crippen molar-refractivity contribution in [2.24, 2.45) is 0 Å². The maximum absolute atomic E-state index is 12.5. The summed E-state index contributed by atoms with van der Waals surface area (Å²) in [5.41, 5.74) is 2.69. The van der Waals surface area contributed by atoms with Gasteiger partial charge in [-0.2, -0.15) is 0 Å². The number of thiazole rings is 1. The Morgan fingerprint density at radius 3 is 2.53 bits per heavy atom. The summed E-state index contributed by atoms with van der Waals surface area (Å²) in [5.74, 6) is 1.59. The lowest BCUT2D eigenvalue weighted by Crippen LogP contribution is -2.14. The smallest absolute Gasteiger partial charge is 0.236 e. The van der Waals surface area contributed by atoms with Crippen molar-refractivity contribution in [3.05, 3.63) is 58.9 Å². The summed E-state index contributed by atoms with van der Waals surface area (Å²) in [6.07, 6.45) is 0. The van der Waals surface area contributed by atoms with E-state index in [9.17, 15) is 4.79 Å². The van der Waals surface area contributed by atoms with Crippen molar-refractivity contribution < 1.29 is 9.53 Å². The summed E-state index contributed by atoms with van der Waals surface area (Å²) in [7, 11) is 1.63. The number of thioether (sulfide) groups is 1. The van der Waals surface area contributed by atoms with Gasteiger partial charge in [0.25, 0.3) is 0 Å². The van der Waals surface area contributed by atoms with E-state index in [0.29, 0.717) is 21.9 Å². The molecule has 1 N–H and O–H groups in total.